The molecule has 70 valence electrons. The van der Waals surface area contributed by atoms with Gasteiger partial charge in [-0.2, -0.15) is 0 Å². The van der Waals surface area contributed by atoms with E-state index in [4.69, 9.17) is 34.8 Å². The zero-order valence-corrected chi connectivity index (χ0v) is 9.73. The van der Waals surface area contributed by atoms with E-state index in [1.54, 1.807) is 0 Å². The standard InChI is InChI=1S/C7HBrCl3FO/c8-4-5(9)2(7(11)13)1-3(12)6(4)10/h1H. The SMILES string of the molecule is O=C(Cl)c1cc(F)c(Cl)c(Br)c1Cl. The molecule has 0 saturated carbocycles. The average Bonchev–Trinajstić information content (AvgIpc) is 2.07. The molecule has 1 aromatic carbocycles. The molecular formula is C7HBrCl3FO. The monoisotopic (exact) mass is 304 g/mol. The summed E-state index contributed by atoms with van der Waals surface area (Å²) in [7, 11) is 0. The Morgan fingerprint density at radius 3 is 2.38 bits per heavy atom. The van der Waals surface area contributed by atoms with Gasteiger partial charge in [0.25, 0.3) is 5.24 Å². The number of hydrogen-bond acceptors (Lipinski definition) is 1. The van der Waals surface area contributed by atoms with E-state index in [1.165, 1.54) is 0 Å². The average molecular weight is 306 g/mol. The van der Waals surface area contributed by atoms with E-state index in [0.29, 0.717) is 0 Å². The summed E-state index contributed by atoms with van der Waals surface area (Å²) in [4.78, 5) is 10.7. The fourth-order valence-corrected chi connectivity index (χ4v) is 1.75. The Bertz CT molecular complexity index is 380. The van der Waals surface area contributed by atoms with E-state index in [-0.39, 0.29) is 20.1 Å². The molecule has 0 aliphatic carbocycles. The van der Waals surface area contributed by atoms with Crippen LogP contribution in [-0.2, 0) is 0 Å². The van der Waals surface area contributed by atoms with Gasteiger partial charge in [0.05, 0.1) is 20.1 Å². The van der Waals surface area contributed by atoms with Crippen LogP contribution in [0.15, 0.2) is 10.5 Å². The van der Waals surface area contributed by atoms with Gasteiger partial charge >= 0.3 is 0 Å². The smallest absolute Gasteiger partial charge is 0.254 e. The maximum Gasteiger partial charge on any atom is 0.254 e. The second-order valence-corrected chi connectivity index (χ2v) is 4.01. The molecule has 0 bridgehead atoms. The molecule has 0 amide bonds. The summed E-state index contributed by atoms with van der Waals surface area (Å²) in [5, 5.41) is -1.00. The van der Waals surface area contributed by atoms with E-state index in [1.807, 2.05) is 0 Å². The van der Waals surface area contributed by atoms with Gasteiger partial charge in [-0.3, -0.25) is 4.79 Å². The summed E-state index contributed by atoms with van der Waals surface area (Å²) in [6.07, 6.45) is 0. The number of benzene rings is 1. The van der Waals surface area contributed by atoms with Gasteiger partial charge in [-0.25, -0.2) is 4.39 Å². The van der Waals surface area contributed by atoms with E-state index in [9.17, 15) is 9.18 Å². The first-order valence-corrected chi connectivity index (χ1v) is 4.90. The highest BCUT2D eigenvalue weighted by Gasteiger charge is 2.17. The molecule has 0 aromatic heterocycles. The highest BCUT2D eigenvalue weighted by molar-refractivity contribution is 9.10. The maximum absolute atomic E-state index is 12.9. The van der Waals surface area contributed by atoms with Gasteiger partial charge in [-0.05, 0) is 33.6 Å². The zero-order valence-electron chi connectivity index (χ0n) is 5.88. The zero-order chi connectivity index (χ0) is 10.2. The molecule has 1 aromatic rings. The van der Waals surface area contributed by atoms with Crippen molar-refractivity contribution in [3.05, 3.63) is 32.0 Å². The molecule has 0 atom stereocenters. The largest absolute Gasteiger partial charge is 0.276 e. The van der Waals surface area contributed by atoms with Crippen molar-refractivity contribution in [1.29, 1.82) is 0 Å². The Balaban J connectivity index is 3.50. The lowest BCUT2D eigenvalue weighted by molar-refractivity contribution is 0.108. The Hall–Kier alpha value is 0.170. The van der Waals surface area contributed by atoms with Crippen molar-refractivity contribution in [2.75, 3.05) is 0 Å². The van der Waals surface area contributed by atoms with Crippen molar-refractivity contribution in [3.8, 4) is 0 Å². The van der Waals surface area contributed by atoms with Crippen molar-refractivity contribution < 1.29 is 9.18 Å². The number of rotatable bonds is 1. The Labute approximate surface area is 96.9 Å². The summed E-state index contributed by atoms with van der Waals surface area (Å²) >= 11 is 19.2. The van der Waals surface area contributed by atoms with Gasteiger partial charge in [-0.15, -0.1) is 0 Å². The first-order chi connectivity index (χ1) is 5.95. The molecule has 1 nitrogen and oxygen atoms in total. The normalized spacial score (nSPS) is 10.2. The van der Waals surface area contributed by atoms with Crippen LogP contribution in [0, 0.1) is 5.82 Å². The molecule has 0 unspecified atom stereocenters. The summed E-state index contributed by atoms with van der Waals surface area (Å²) in [5.41, 5.74) is -0.114. The van der Waals surface area contributed by atoms with Gasteiger partial charge in [0.1, 0.15) is 5.82 Å². The van der Waals surface area contributed by atoms with Gasteiger partial charge in [0.2, 0.25) is 0 Å². The van der Waals surface area contributed by atoms with Crippen LogP contribution in [0.3, 0.4) is 0 Å². The third-order valence-corrected chi connectivity index (χ3v) is 3.53. The Kier molecular flexibility index (Phi) is 3.57. The summed E-state index contributed by atoms with van der Waals surface area (Å²) in [6, 6.07) is 0.894. The maximum atomic E-state index is 12.9. The molecule has 0 fully saturated rings. The minimum absolute atomic E-state index is 0.00593. The second-order valence-electron chi connectivity index (χ2n) is 2.12. The quantitative estimate of drug-likeness (QED) is 0.430. The summed E-state index contributed by atoms with van der Waals surface area (Å²) in [5.74, 6) is -0.748. The van der Waals surface area contributed by atoms with Crippen molar-refractivity contribution in [1.82, 2.24) is 0 Å². The van der Waals surface area contributed by atoms with Crippen LogP contribution in [-0.4, -0.2) is 5.24 Å². The summed E-state index contributed by atoms with van der Waals surface area (Å²) < 4.78 is 13.1. The lowest BCUT2D eigenvalue weighted by atomic mass is 10.2. The lowest BCUT2D eigenvalue weighted by Crippen LogP contribution is -1.94. The van der Waals surface area contributed by atoms with E-state index in [2.05, 4.69) is 15.9 Å². The Morgan fingerprint density at radius 2 is 1.92 bits per heavy atom. The van der Waals surface area contributed by atoms with Crippen molar-refractivity contribution >= 4 is 56.0 Å². The van der Waals surface area contributed by atoms with E-state index in [0.717, 1.165) is 6.07 Å². The molecule has 6 heteroatoms. The molecule has 0 aliphatic heterocycles. The van der Waals surface area contributed by atoms with Gasteiger partial charge in [-0.1, -0.05) is 23.2 Å². The van der Waals surface area contributed by atoms with E-state index < -0.39 is 11.1 Å². The van der Waals surface area contributed by atoms with Crippen LogP contribution < -0.4 is 0 Å². The van der Waals surface area contributed by atoms with Crippen molar-refractivity contribution in [2.45, 2.75) is 0 Å². The molecule has 0 aliphatic rings. The topological polar surface area (TPSA) is 17.1 Å². The molecule has 0 heterocycles. The number of carbonyl (C=O) groups is 1. The van der Waals surface area contributed by atoms with Crippen molar-refractivity contribution in [2.24, 2.45) is 0 Å². The molecule has 0 saturated heterocycles. The molecule has 13 heavy (non-hydrogen) atoms. The van der Waals surface area contributed by atoms with Crippen molar-refractivity contribution in [3.63, 3.8) is 0 Å². The molecular weight excluding hydrogens is 305 g/mol. The predicted molar refractivity (Wildman–Crippen MR) is 54.3 cm³/mol. The molecule has 1 rings (SSSR count). The third-order valence-electron chi connectivity index (χ3n) is 1.31. The first kappa shape index (κ1) is 11.2. The van der Waals surface area contributed by atoms with Crippen LogP contribution in [0.4, 0.5) is 4.39 Å². The minimum Gasteiger partial charge on any atom is -0.276 e. The van der Waals surface area contributed by atoms with Crippen LogP contribution in [0.2, 0.25) is 10.0 Å². The number of hydrogen-bond donors (Lipinski definition) is 0. The van der Waals surface area contributed by atoms with Crippen LogP contribution in [0.1, 0.15) is 10.4 Å². The number of carbonyl (C=O) groups excluding carboxylic acids is 1. The molecule has 0 radical (unpaired) electrons. The fourth-order valence-electron chi connectivity index (χ4n) is 0.716. The minimum atomic E-state index is -0.832. The van der Waals surface area contributed by atoms with E-state index >= 15 is 0 Å². The highest BCUT2D eigenvalue weighted by Crippen LogP contribution is 2.35. The molecule has 0 spiro atoms. The first-order valence-electron chi connectivity index (χ1n) is 2.98. The van der Waals surface area contributed by atoms with Crippen LogP contribution >= 0.6 is 50.7 Å². The molecule has 0 N–H and O–H groups in total. The lowest BCUT2D eigenvalue weighted by Gasteiger charge is -2.04. The van der Waals surface area contributed by atoms with Gasteiger partial charge < -0.3 is 0 Å². The third kappa shape index (κ3) is 2.15. The predicted octanol–water partition coefficient (Wildman–Crippen LogP) is 4.27. The highest BCUT2D eigenvalue weighted by atomic mass is 79.9. The number of halogens is 5. The summed E-state index contributed by atoms with van der Waals surface area (Å²) in [6.45, 7) is 0. The Morgan fingerprint density at radius 1 is 1.38 bits per heavy atom. The van der Waals surface area contributed by atoms with Gasteiger partial charge in [0, 0.05) is 0 Å². The van der Waals surface area contributed by atoms with Gasteiger partial charge in [0.15, 0.2) is 0 Å². The van der Waals surface area contributed by atoms with Crippen LogP contribution in [0.25, 0.3) is 0 Å². The van der Waals surface area contributed by atoms with Crippen LogP contribution in [0.5, 0.6) is 0 Å². The second kappa shape index (κ2) is 4.13. The fraction of sp³-hybridized carbons (Fsp3) is 0.